The lowest BCUT2D eigenvalue weighted by Gasteiger charge is -2.35. The van der Waals surface area contributed by atoms with Crippen molar-refractivity contribution in [3.63, 3.8) is 0 Å². The van der Waals surface area contributed by atoms with Gasteiger partial charge in [0.15, 0.2) is 11.2 Å². The Morgan fingerprint density at radius 1 is 0.329 bits per heavy atom. The van der Waals surface area contributed by atoms with Gasteiger partial charge in [0, 0.05) is 45.0 Å². The van der Waals surface area contributed by atoms with Crippen molar-refractivity contribution in [3.8, 4) is 34.0 Å². The third-order valence-electron chi connectivity index (χ3n) is 16.0. The molecule has 12 aromatic carbocycles. The van der Waals surface area contributed by atoms with Crippen molar-refractivity contribution >= 4 is 77.9 Å². The Balaban J connectivity index is 1.14. The van der Waals surface area contributed by atoms with Crippen molar-refractivity contribution in [2.24, 2.45) is 0 Å². The summed E-state index contributed by atoms with van der Waals surface area (Å²) in [5, 5.41) is 4.59. The lowest BCUT2D eigenvalue weighted by atomic mass is 9.67. The smallest absolute Gasteiger partial charge is 0.227 e. The molecule has 0 saturated heterocycles. The Bertz CT molecular complexity index is 4350. The molecule has 14 aromatic rings. The van der Waals surface area contributed by atoms with Crippen LogP contribution in [0.4, 0.5) is 34.1 Å². The second-order valence-corrected chi connectivity index (χ2v) is 20.5. The van der Waals surface area contributed by atoms with Crippen molar-refractivity contribution in [2.45, 2.75) is 19.3 Å². The summed E-state index contributed by atoms with van der Waals surface area (Å²) in [4.78, 5) is 16.0. The molecule has 0 aliphatic heterocycles. The molecule has 0 radical (unpaired) electrons. The van der Waals surface area contributed by atoms with Crippen LogP contribution in [0.5, 0.6) is 0 Å². The lowest BCUT2D eigenvalue weighted by Crippen LogP contribution is -2.29. The molecule has 6 heteroatoms. The van der Waals surface area contributed by atoms with E-state index in [2.05, 4.69) is 291 Å². The van der Waals surface area contributed by atoms with Crippen molar-refractivity contribution in [3.05, 3.63) is 300 Å². The van der Waals surface area contributed by atoms with Gasteiger partial charge in [-0.2, -0.15) is 0 Å². The van der Waals surface area contributed by atoms with E-state index in [0.717, 1.165) is 122 Å². The molecule has 0 N–H and O–H groups in total. The van der Waals surface area contributed by atoms with E-state index in [0.29, 0.717) is 22.9 Å². The second kappa shape index (κ2) is 18.5. The van der Waals surface area contributed by atoms with Crippen molar-refractivity contribution < 1.29 is 8.83 Å². The predicted octanol–water partition coefficient (Wildman–Crippen LogP) is 19.5. The molecule has 0 saturated carbocycles. The van der Waals surface area contributed by atoms with Crippen LogP contribution in [0.15, 0.2) is 276 Å². The monoisotopic (exact) mass is 1010 g/mol. The Morgan fingerprint density at radius 2 is 0.684 bits per heavy atom. The first kappa shape index (κ1) is 46.0. The number of hydrogen-bond donors (Lipinski definition) is 0. The van der Waals surface area contributed by atoms with Gasteiger partial charge < -0.3 is 18.6 Å². The molecule has 0 spiro atoms. The van der Waals surface area contributed by atoms with Gasteiger partial charge in [-0.25, -0.2) is 9.97 Å². The Hall–Kier alpha value is -10.3. The zero-order valence-electron chi connectivity index (χ0n) is 43.5. The molecule has 1 aliphatic carbocycles. The maximum absolute atomic E-state index is 7.54. The van der Waals surface area contributed by atoms with Gasteiger partial charge in [0.1, 0.15) is 11.0 Å². The summed E-state index contributed by atoms with van der Waals surface area (Å²) in [5.74, 6) is 1.07. The summed E-state index contributed by atoms with van der Waals surface area (Å²) < 4.78 is 15.1. The van der Waals surface area contributed by atoms with Gasteiger partial charge in [-0.3, -0.25) is 0 Å². The third-order valence-corrected chi connectivity index (χ3v) is 16.0. The van der Waals surface area contributed by atoms with Crippen LogP contribution in [0.25, 0.3) is 77.8 Å². The highest BCUT2D eigenvalue weighted by Crippen LogP contribution is 2.63. The Kier molecular flexibility index (Phi) is 10.8. The molecule has 0 amide bonds. The normalized spacial score (nSPS) is 12.5. The van der Waals surface area contributed by atoms with Crippen LogP contribution in [0.2, 0.25) is 0 Å². The summed E-state index contributed by atoms with van der Waals surface area (Å²) in [6.07, 6.45) is 0. The number of rotatable bonds is 10. The average molecular weight is 1020 g/mol. The highest BCUT2D eigenvalue weighted by molar-refractivity contribution is 6.15. The molecule has 6 nitrogen and oxygen atoms in total. The second-order valence-electron chi connectivity index (χ2n) is 20.5. The molecular weight excluding hydrogens is 965 g/mol. The molecule has 0 fully saturated rings. The van der Waals surface area contributed by atoms with Crippen molar-refractivity contribution in [2.75, 3.05) is 9.80 Å². The van der Waals surface area contributed by atoms with Crippen LogP contribution in [-0.4, -0.2) is 9.97 Å². The quantitative estimate of drug-likeness (QED) is 0.136. The SMILES string of the molecule is Cc1ccccc1-c1nc2c(N(c3ccccc3)c3ccc4ccccc4c3)cc3c(c2o1)-c1c(cc(N(c2ccccc2)c2ccc4ccccc4c2)c2nc(-c4ccccc4C)oc12)C3(c1ccccc1)c1ccccc1. The van der Waals surface area contributed by atoms with E-state index in [-0.39, 0.29) is 0 Å². The fourth-order valence-electron chi connectivity index (χ4n) is 12.4. The van der Waals surface area contributed by atoms with E-state index in [4.69, 9.17) is 18.8 Å². The van der Waals surface area contributed by atoms with Crippen LogP contribution in [0.1, 0.15) is 33.4 Å². The molecule has 0 bridgehead atoms. The van der Waals surface area contributed by atoms with Gasteiger partial charge in [0.25, 0.3) is 0 Å². The summed E-state index contributed by atoms with van der Waals surface area (Å²) in [7, 11) is 0. The minimum absolute atomic E-state index is 0.533. The first-order chi connectivity index (χ1) is 39.0. The summed E-state index contributed by atoms with van der Waals surface area (Å²) in [6.45, 7) is 4.24. The predicted molar refractivity (Wildman–Crippen MR) is 324 cm³/mol. The summed E-state index contributed by atoms with van der Waals surface area (Å²) in [5.41, 5.74) is 17.5. The fourth-order valence-corrected chi connectivity index (χ4v) is 12.4. The van der Waals surface area contributed by atoms with Crippen LogP contribution >= 0.6 is 0 Å². The molecule has 2 heterocycles. The number of fused-ring (bicyclic) bond motifs is 9. The maximum atomic E-state index is 7.54. The number of nitrogens with zero attached hydrogens (tertiary/aromatic N) is 4. The number of anilines is 6. The van der Waals surface area contributed by atoms with Gasteiger partial charge >= 0.3 is 0 Å². The number of para-hydroxylation sites is 2. The number of oxazole rings is 2. The zero-order valence-corrected chi connectivity index (χ0v) is 43.5. The van der Waals surface area contributed by atoms with Gasteiger partial charge in [0.2, 0.25) is 11.8 Å². The van der Waals surface area contributed by atoms with E-state index in [9.17, 15) is 0 Å². The molecule has 15 rings (SSSR count). The van der Waals surface area contributed by atoms with Crippen LogP contribution in [-0.2, 0) is 5.41 Å². The number of benzene rings is 12. The van der Waals surface area contributed by atoms with Crippen molar-refractivity contribution in [1.29, 1.82) is 0 Å². The van der Waals surface area contributed by atoms with E-state index in [1.54, 1.807) is 0 Å². The van der Waals surface area contributed by atoms with E-state index < -0.39 is 5.41 Å². The third kappa shape index (κ3) is 7.33. The topological polar surface area (TPSA) is 58.5 Å². The molecular formula is C73H50N4O2. The molecule has 2 aromatic heterocycles. The Morgan fingerprint density at radius 3 is 1.09 bits per heavy atom. The minimum Gasteiger partial charge on any atom is -0.435 e. The van der Waals surface area contributed by atoms with E-state index >= 15 is 0 Å². The number of aryl methyl sites for hydroxylation is 2. The van der Waals surface area contributed by atoms with Gasteiger partial charge in [0.05, 0.1) is 16.8 Å². The lowest BCUT2D eigenvalue weighted by molar-refractivity contribution is 0.616. The van der Waals surface area contributed by atoms with Gasteiger partial charge in [-0.1, -0.05) is 194 Å². The van der Waals surface area contributed by atoms with Crippen molar-refractivity contribution in [1.82, 2.24) is 9.97 Å². The highest BCUT2D eigenvalue weighted by Gasteiger charge is 2.51. The van der Waals surface area contributed by atoms with Crippen LogP contribution in [0.3, 0.4) is 0 Å². The first-order valence-corrected chi connectivity index (χ1v) is 26.9. The first-order valence-electron chi connectivity index (χ1n) is 26.9. The largest absolute Gasteiger partial charge is 0.435 e. The summed E-state index contributed by atoms with van der Waals surface area (Å²) in [6, 6.07) is 95.1. The fraction of sp³-hybridized carbons (Fsp3) is 0.0411. The molecule has 79 heavy (non-hydrogen) atoms. The van der Waals surface area contributed by atoms with Crippen LogP contribution < -0.4 is 9.80 Å². The van der Waals surface area contributed by atoms with Crippen LogP contribution in [0, 0.1) is 13.8 Å². The summed E-state index contributed by atoms with van der Waals surface area (Å²) >= 11 is 0. The standard InChI is InChI=1S/C73H50N4O2/c1-47-23-15-21-37-59(47)71-74-67-63(76(55-33-11-5-12-34-55)57-41-39-49-25-17-19-27-51(49)43-57)45-61-65(69(67)78-71)66-62(73(61,53-29-7-3-8-30-53)54-31-9-4-10-32-54)46-64(68-70(66)79-72(75-68)60-38-22-16-24-48(60)2)77(56-35-13-6-14-36-56)58-42-40-50-26-18-20-28-52(50)44-58/h3-46H,1-2H3. The zero-order chi connectivity index (χ0) is 52.6. The van der Waals surface area contributed by atoms with E-state index in [1.165, 1.54) is 0 Å². The van der Waals surface area contributed by atoms with E-state index in [1.807, 2.05) is 0 Å². The number of aromatic nitrogens is 2. The van der Waals surface area contributed by atoms with Gasteiger partial charge in [-0.05, 0) is 142 Å². The molecule has 0 atom stereocenters. The average Bonchev–Trinajstić information content (AvgIpc) is 3.82. The number of hydrogen-bond acceptors (Lipinski definition) is 6. The highest BCUT2D eigenvalue weighted by atomic mass is 16.4. The minimum atomic E-state index is -0.970. The molecule has 1 aliphatic rings. The van der Waals surface area contributed by atoms with Gasteiger partial charge in [-0.15, -0.1) is 0 Å². The Labute approximate surface area is 457 Å². The maximum Gasteiger partial charge on any atom is 0.227 e. The molecule has 374 valence electrons. The molecule has 0 unspecified atom stereocenters.